The molecule has 0 radical (unpaired) electrons. The minimum atomic E-state index is -3.64. The van der Waals surface area contributed by atoms with Crippen LogP contribution in [0.25, 0.3) is 10.2 Å². The first-order valence-corrected chi connectivity index (χ1v) is 13.0. The third-order valence-corrected chi connectivity index (χ3v) is 8.80. The summed E-state index contributed by atoms with van der Waals surface area (Å²) >= 11 is 1.06. The fraction of sp³-hybridized carbons (Fsp3) is 0.348. The van der Waals surface area contributed by atoms with Crippen molar-refractivity contribution in [3.05, 3.63) is 58.6 Å². The molecule has 0 unspecified atom stereocenters. The van der Waals surface area contributed by atoms with Crippen molar-refractivity contribution in [1.82, 2.24) is 8.87 Å². The van der Waals surface area contributed by atoms with E-state index < -0.39 is 27.7 Å². The average molecular weight is 506 g/mol. The summed E-state index contributed by atoms with van der Waals surface area (Å²) in [4.78, 5) is 29.1. The zero-order valence-electron chi connectivity index (χ0n) is 18.7. The van der Waals surface area contributed by atoms with E-state index in [-0.39, 0.29) is 27.3 Å². The number of methoxy groups -OCH3 is 1. The third kappa shape index (κ3) is 4.82. The summed E-state index contributed by atoms with van der Waals surface area (Å²) < 4.78 is 48.3. The van der Waals surface area contributed by atoms with Gasteiger partial charge in [0, 0.05) is 18.7 Å². The summed E-state index contributed by atoms with van der Waals surface area (Å²) in [7, 11) is -2.42. The molecule has 0 N–H and O–H groups in total. The molecule has 0 saturated carbocycles. The van der Waals surface area contributed by atoms with Gasteiger partial charge in [-0.2, -0.15) is 9.30 Å². The molecule has 8 nitrogen and oxygen atoms in total. The number of piperidine rings is 1. The van der Waals surface area contributed by atoms with Crippen LogP contribution in [-0.2, 0) is 26.1 Å². The number of carbonyl (C=O) groups is 2. The minimum Gasteiger partial charge on any atom is -0.468 e. The summed E-state index contributed by atoms with van der Waals surface area (Å²) in [6.45, 7) is 2.74. The van der Waals surface area contributed by atoms with E-state index in [0.717, 1.165) is 24.2 Å². The van der Waals surface area contributed by atoms with Crippen LogP contribution in [0.2, 0.25) is 0 Å². The van der Waals surface area contributed by atoms with Crippen molar-refractivity contribution < 1.29 is 27.1 Å². The smallest absolute Gasteiger partial charge is 0.325 e. The monoisotopic (exact) mass is 505 g/mol. The van der Waals surface area contributed by atoms with Crippen LogP contribution in [0, 0.1) is 11.7 Å². The Hall–Kier alpha value is -2.89. The molecular formula is C23H24FN3O5S2. The highest BCUT2D eigenvalue weighted by Crippen LogP contribution is 2.24. The van der Waals surface area contributed by atoms with Gasteiger partial charge in [-0.25, -0.2) is 12.8 Å². The van der Waals surface area contributed by atoms with Gasteiger partial charge in [-0.3, -0.25) is 9.59 Å². The highest BCUT2D eigenvalue weighted by molar-refractivity contribution is 7.89. The standard InChI is InChI=1S/C23H24FN3O5S2/c1-15-10-12-26(13-11-15)34(30,31)17-8-6-16(7-9-17)22(29)25-23-27(14-20(28)32-2)21-18(24)4-3-5-19(21)33-23/h3-9,15H,10-14H2,1-2H3. The quantitative estimate of drug-likeness (QED) is 0.496. The number of rotatable bonds is 5. The Morgan fingerprint density at radius 2 is 1.82 bits per heavy atom. The SMILES string of the molecule is COC(=O)Cn1c(=NC(=O)c2ccc(S(=O)(=O)N3CCC(C)CC3)cc2)sc2cccc(F)c21. The van der Waals surface area contributed by atoms with Crippen molar-refractivity contribution in [3.63, 3.8) is 0 Å². The van der Waals surface area contributed by atoms with E-state index in [1.54, 1.807) is 6.07 Å². The molecule has 1 amide bonds. The third-order valence-electron chi connectivity index (χ3n) is 5.85. The molecule has 34 heavy (non-hydrogen) atoms. The van der Waals surface area contributed by atoms with Crippen LogP contribution in [0.1, 0.15) is 30.1 Å². The maximum Gasteiger partial charge on any atom is 0.325 e. The summed E-state index contributed by atoms with van der Waals surface area (Å²) in [6.07, 6.45) is 1.63. The van der Waals surface area contributed by atoms with E-state index in [0.29, 0.717) is 23.7 Å². The van der Waals surface area contributed by atoms with Crippen LogP contribution in [0.3, 0.4) is 0 Å². The Kier molecular flexibility index (Phi) is 6.96. The fourth-order valence-electron chi connectivity index (χ4n) is 3.81. The minimum absolute atomic E-state index is 0.114. The van der Waals surface area contributed by atoms with Gasteiger partial charge in [0.15, 0.2) is 4.80 Å². The van der Waals surface area contributed by atoms with E-state index in [4.69, 9.17) is 4.74 Å². The highest BCUT2D eigenvalue weighted by atomic mass is 32.2. The van der Waals surface area contributed by atoms with Crippen LogP contribution in [-0.4, -0.2) is 49.4 Å². The first-order valence-electron chi connectivity index (χ1n) is 10.7. The highest BCUT2D eigenvalue weighted by Gasteiger charge is 2.28. The molecule has 0 bridgehead atoms. The van der Waals surface area contributed by atoms with Crippen LogP contribution in [0.4, 0.5) is 4.39 Å². The van der Waals surface area contributed by atoms with Gasteiger partial charge in [0.2, 0.25) is 10.0 Å². The maximum absolute atomic E-state index is 14.5. The Bertz CT molecular complexity index is 1400. The molecule has 11 heteroatoms. The molecule has 3 aromatic rings. The lowest BCUT2D eigenvalue weighted by Crippen LogP contribution is -2.37. The van der Waals surface area contributed by atoms with Gasteiger partial charge in [0.25, 0.3) is 5.91 Å². The number of hydrogen-bond donors (Lipinski definition) is 0. The van der Waals surface area contributed by atoms with E-state index in [1.165, 1.54) is 52.4 Å². The van der Waals surface area contributed by atoms with Crippen molar-refractivity contribution in [2.75, 3.05) is 20.2 Å². The number of aromatic nitrogens is 1. The second kappa shape index (κ2) is 9.77. The zero-order valence-corrected chi connectivity index (χ0v) is 20.4. The number of fused-ring (bicyclic) bond motifs is 1. The number of hydrogen-bond acceptors (Lipinski definition) is 6. The van der Waals surface area contributed by atoms with Crippen LogP contribution >= 0.6 is 11.3 Å². The normalized spacial score (nSPS) is 16.1. The Morgan fingerprint density at radius 1 is 1.15 bits per heavy atom. The lowest BCUT2D eigenvalue weighted by Gasteiger charge is -2.29. The van der Waals surface area contributed by atoms with Gasteiger partial charge in [-0.15, -0.1) is 0 Å². The van der Waals surface area contributed by atoms with Crippen LogP contribution in [0.15, 0.2) is 52.4 Å². The number of esters is 1. The van der Waals surface area contributed by atoms with Crippen molar-refractivity contribution >= 4 is 43.5 Å². The van der Waals surface area contributed by atoms with Crippen molar-refractivity contribution in [2.45, 2.75) is 31.2 Å². The van der Waals surface area contributed by atoms with E-state index in [9.17, 15) is 22.4 Å². The number of amides is 1. The van der Waals surface area contributed by atoms with Crippen LogP contribution in [0.5, 0.6) is 0 Å². The predicted octanol–water partition coefficient (Wildman–Crippen LogP) is 3.18. The summed E-state index contributed by atoms with van der Waals surface area (Å²) in [5, 5.41) is 0. The van der Waals surface area contributed by atoms with Crippen molar-refractivity contribution in [3.8, 4) is 0 Å². The molecule has 0 spiro atoms. The first-order chi connectivity index (χ1) is 16.2. The van der Waals surface area contributed by atoms with Crippen LogP contribution < -0.4 is 4.80 Å². The molecule has 1 aromatic heterocycles. The van der Waals surface area contributed by atoms with Gasteiger partial charge in [0.05, 0.1) is 22.2 Å². The number of carbonyl (C=O) groups excluding carboxylic acids is 2. The van der Waals surface area contributed by atoms with Gasteiger partial charge in [0.1, 0.15) is 12.4 Å². The predicted molar refractivity (Wildman–Crippen MR) is 125 cm³/mol. The molecule has 4 rings (SSSR count). The van der Waals surface area contributed by atoms with E-state index in [1.807, 2.05) is 0 Å². The molecule has 0 atom stereocenters. The number of sulfonamides is 1. The maximum atomic E-state index is 14.5. The molecule has 1 fully saturated rings. The average Bonchev–Trinajstić information content (AvgIpc) is 3.17. The number of thiazole rings is 1. The molecule has 0 aliphatic carbocycles. The van der Waals surface area contributed by atoms with Gasteiger partial charge in [-0.1, -0.05) is 24.3 Å². The molecule has 1 saturated heterocycles. The van der Waals surface area contributed by atoms with Gasteiger partial charge in [-0.05, 0) is 55.2 Å². The number of para-hydroxylation sites is 1. The lowest BCUT2D eigenvalue weighted by atomic mass is 10.0. The molecule has 1 aliphatic rings. The van der Waals surface area contributed by atoms with Gasteiger partial charge >= 0.3 is 5.97 Å². The molecule has 1 aliphatic heterocycles. The molecular weight excluding hydrogens is 481 g/mol. The van der Waals surface area contributed by atoms with Gasteiger partial charge < -0.3 is 9.30 Å². The zero-order chi connectivity index (χ0) is 24.5. The van der Waals surface area contributed by atoms with Crippen molar-refractivity contribution in [2.24, 2.45) is 10.9 Å². The molecule has 180 valence electrons. The van der Waals surface area contributed by atoms with E-state index in [2.05, 4.69) is 11.9 Å². The first kappa shape index (κ1) is 24.2. The molecule has 2 heterocycles. The molecule has 2 aromatic carbocycles. The summed E-state index contributed by atoms with van der Waals surface area (Å²) in [5.74, 6) is -1.30. The Balaban J connectivity index is 1.65. The van der Waals surface area contributed by atoms with Crippen molar-refractivity contribution in [1.29, 1.82) is 0 Å². The second-order valence-electron chi connectivity index (χ2n) is 8.16. The Morgan fingerprint density at radius 3 is 2.47 bits per heavy atom. The largest absolute Gasteiger partial charge is 0.468 e. The number of halogens is 1. The second-order valence-corrected chi connectivity index (χ2v) is 11.1. The van der Waals surface area contributed by atoms with E-state index >= 15 is 0 Å². The fourth-order valence-corrected chi connectivity index (χ4v) is 6.32. The number of nitrogens with zero attached hydrogens (tertiary/aromatic N) is 3. The Labute approximate surface area is 200 Å². The topological polar surface area (TPSA) is 98.0 Å². The number of ether oxygens (including phenoxy) is 1. The lowest BCUT2D eigenvalue weighted by molar-refractivity contribution is -0.141. The summed E-state index contributed by atoms with van der Waals surface area (Å²) in [5.41, 5.74) is 0.329. The summed E-state index contributed by atoms with van der Waals surface area (Å²) in [6, 6.07) is 10.1. The number of benzene rings is 2.